The highest BCUT2D eigenvalue weighted by Crippen LogP contribution is 2.23. The molecule has 0 saturated heterocycles. The molecule has 1 rings (SSSR count). The molecule has 1 aromatic rings. The summed E-state index contributed by atoms with van der Waals surface area (Å²) in [5.74, 6) is -0.922. The summed E-state index contributed by atoms with van der Waals surface area (Å²) in [4.78, 5) is 23.2. The summed E-state index contributed by atoms with van der Waals surface area (Å²) in [7, 11) is 0. The molecule has 0 aliphatic carbocycles. The molecule has 1 aromatic heterocycles. The van der Waals surface area contributed by atoms with E-state index in [4.69, 9.17) is 5.11 Å². The summed E-state index contributed by atoms with van der Waals surface area (Å²) in [5, 5.41) is 13.5. The highest BCUT2D eigenvalue weighted by atomic mass is 32.1. The van der Waals surface area contributed by atoms with E-state index in [1.54, 1.807) is 11.3 Å². The van der Waals surface area contributed by atoms with Crippen molar-refractivity contribution in [3.8, 4) is 0 Å². The van der Waals surface area contributed by atoms with Gasteiger partial charge in [0.15, 0.2) is 0 Å². The molecule has 0 aromatic carbocycles. The Morgan fingerprint density at radius 1 is 1.44 bits per heavy atom. The lowest BCUT2D eigenvalue weighted by atomic mass is 10.1. The van der Waals surface area contributed by atoms with Gasteiger partial charge in [-0.05, 0) is 24.3 Å². The Balaban J connectivity index is 2.41. The van der Waals surface area contributed by atoms with E-state index in [-0.39, 0.29) is 24.8 Å². The molecule has 1 unspecified atom stereocenters. The SMILES string of the molecule is CCCC(NC(=O)CCCC(=O)O)c1cccs1. The van der Waals surface area contributed by atoms with E-state index in [9.17, 15) is 9.59 Å². The number of amides is 1. The van der Waals surface area contributed by atoms with Crippen molar-refractivity contribution in [1.29, 1.82) is 0 Å². The van der Waals surface area contributed by atoms with Crippen LogP contribution in [-0.4, -0.2) is 17.0 Å². The summed E-state index contributed by atoms with van der Waals surface area (Å²) in [6.07, 6.45) is 2.62. The summed E-state index contributed by atoms with van der Waals surface area (Å²) in [5.41, 5.74) is 0. The van der Waals surface area contributed by atoms with E-state index < -0.39 is 5.97 Å². The Bertz CT molecular complexity index is 376. The molecule has 18 heavy (non-hydrogen) atoms. The Morgan fingerprint density at radius 2 is 2.22 bits per heavy atom. The van der Waals surface area contributed by atoms with Gasteiger partial charge in [-0.15, -0.1) is 11.3 Å². The van der Waals surface area contributed by atoms with Gasteiger partial charge in [0.2, 0.25) is 5.91 Å². The lowest BCUT2D eigenvalue weighted by Gasteiger charge is -2.16. The van der Waals surface area contributed by atoms with Crippen LogP contribution < -0.4 is 5.32 Å². The van der Waals surface area contributed by atoms with Crippen LogP contribution in [0.5, 0.6) is 0 Å². The Hall–Kier alpha value is -1.36. The summed E-state index contributed by atoms with van der Waals surface area (Å²) >= 11 is 1.63. The fraction of sp³-hybridized carbons (Fsp3) is 0.538. The second-order valence-corrected chi connectivity index (χ2v) is 5.15. The normalized spacial score (nSPS) is 12.1. The molecule has 2 N–H and O–H groups in total. The quantitative estimate of drug-likeness (QED) is 0.762. The monoisotopic (exact) mass is 269 g/mol. The first-order chi connectivity index (χ1) is 8.63. The zero-order valence-corrected chi connectivity index (χ0v) is 11.3. The molecule has 0 radical (unpaired) electrons. The molecule has 0 aliphatic rings. The van der Waals surface area contributed by atoms with Crippen molar-refractivity contribution >= 4 is 23.2 Å². The van der Waals surface area contributed by atoms with Gasteiger partial charge in [-0.1, -0.05) is 19.4 Å². The fourth-order valence-corrected chi connectivity index (χ4v) is 2.54. The number of rotatable bonds is 8. The molecule has 0 aliphatic heterocycles. The van der Waals surface area contributed by atoms with Crippen LogP contribution in [0.25, 0.3) is 0 Å². The maximum atomic E-state index is 11.7. The summed E-state index contributed by atoms with van der Waals surface area (Å²) in [6.45, 7) is 2.08. The minimum absolute atomic E-state index is 0.0465. The summed E-state index contributed by atoms with van der Waals surface area (Å²) in [6, 6.07) is 4.05. The van der Waals surface area contributed by atoms with E-state index >= 15 is 0 Å². The minimum Gasteiger partial charge on any atom is -0.481 e. The Kier molecular flexibility index (Phi) is 6.43. The van der Waals surface area contributed by atoms with Gasteiger partial charge in [0.25, 0.3) is 0 Å². The number of hydrogen-bond donors (Lipinski definition) is 2. The number of carboxylic acids is 1. The number of carbonyl (C=O) groups excluding carboxylic acids is 1. The van der Waals surface area contributed by atoms with Gasteiger partial charge in [0.05, 0.1) is 6.04 Å². The van der Waals surface area contributed by atoms with Crippen molar-refractivity contribution in [1.82, 2.24) is 5.32 Å². The van der Waals surface area contributed by atoms with Crippen molar-refractivity contribution in [2.24, 2.45) is 0 Å². The third kappa shape index (κ3) is 5.31. The largest absolute Gasteiger partial charge is 0.481 e. The molecule has 1 amide bonds. The molecule has 0 saturated carbocycles. The van der Waals surface area contributed by atoms with Crippen LogP contribution in [0.4, 0.5) is 0 Å². The van der Waals surface area contributed by atoms with Crippen LogP contribution in [0.2, 0.25) is 0 Å². The Morgan fingerprint density at radius 3 is 2.78 bits per heavy atom. The average Bonchev–Trinajstić information content (AvgIpc) is 2.81. The fourth-order valence-electron chi connectivity index (χ4n) is 1.73. The Labute approximate surface area is 111 Å². The molecule has 1 atom stereocenters. The highest BCUT2D eigenvalue weighted by molar-refractivity contribution is 7.10. The number of nitrogens with one attached hydrogen (secondary N) is 1. The van der Waals surface area contributed by atoms with Crippen LogP contribution in [-0.2, 0) is 9.59 Å². The minimum atomic E-state index is -0.855. The number of aliphatic carboxylic acids is 1. The van der Waals surface area contributed by atoms with Crippen LogP contribution >= 0.6 is 11.3 Å². The second kappa shape index (κ2) is 7.87. The second-order valence-electron chi connectivity index (χ2n) is 4.17. The maximum absolute atomic E-state index is 11.7. The average molecular weight is 269 g/mol. The predicted molar refractivity (Wildman–Crippen MR) is 71.6 cm³/mol. The van der Waals surface area contributed by atoms with Crippen molar-refractivity contribution in [3.05, 3.63) is 22.4 Å². The molecule has 0 bridgehead atoms. The smallest absolute Gasteiger partial charge is 0.303 e. The molecular weight excluding hydrogens is 250 g/mol. The topological polar surface area (TPSA) is 66.4 Å². The molecule has 0 fully saturated rings. The zero-order chi connectivity index (χ0) is 13.4. The molecular formula is C13H19NO3S. The van der Waals surface area contributed by atoms with Crippen molar-refractivity contribution in [2.75, 3.05) is 0 Å². The summed E-state index contributed by atoms with van der Waals surface area (Å²) < 4.78 is 0. The van der Waals surface area contributed by atoms with Crippen molar-refractivity contribution < 1.29 is 14.7 Å². The van der Waals surface area contributed by atoms with Gasteiger partial charge in [0.1, 0.15) is 0 Å². The van der Waals surface area contributed by atoms with E-state index in [0.717, 1.165) is 17.7 Å². The highest BCUT2D eigenvalue weighted by Gasteiger charge is 2.14. The van der Waals surface area contributed by atoms with Crippen molar-refractivity contribution in [3.63, 3.8) is 0 Å². The number of hydrogen-bond acceptors (Lipinski definition) is 3. The molecule has 0 spiro atoms. The molecule has 4 nitrogen and oxygen atoms in total. The third-order valence-corrected chi connectivity index (χ3v) is 3.58. The zero-order valence-electron chi connectivity index (χ0n) is 10.5. The first-order valence-corrected chi connectivity index (χ1v) is 7.06. The molecule has 1 heterocycles. The predicted octanol–water partition coefficient (Wildman–Crippen LogP) is 2.96. The van der Waals surface area contributed by atoms with Crippen LogP contribution in [0.15, 0.2) is 17.5 Å². The van der Waals surface area contributed by atoms with E-state index in [0.29, 0.717) is 6.42 Å². The number of carboxylic acid groups (broad SMARTS) is 1. The molecule has 100 valence electrons. The number of thiophene rings is 1. The maximum Gasteiger partial charge on any atom is 0.303 e. The molecule has 5 heteroatoms. The van der Waals surface area contributed by atoms with Crippen LogP contribution in [0.3, 0.4) is 0 Å². The standard InChI is InChI=1S/C13H19NO3S/c1-2-5-10(11-6-4-9-18-11)14-12(15)7-3-8-13(16)17/h4,6,9-10H,2-3,5,7-8H2,1H3,(H,14,15)(H,16,17). The van der Waals surface area contributed by atoms with E-state index in [1.165, 1.54) is 0 Å². The van der Waals surface area contributed by atoms with E-state index in [1.807, 2.05) is 17.5 Å². The van der Waals surface area contributed by atoms with Gasteiger partial charge in [0, 0.05) is 17.7 Å². The van der Waals surface area contributed by atoms with Gasteiger partial charge < -0.3 is 10.4 Å². The number of carbonyl (C=O) groups is 2. The van der Waals surface area contributed by atoms with Crippen molar-refractivity contribution in [2.45, 2.75) is 45.1 Å². The van der Waals surface area contributed by atoms with Crippen LogP contribution in [0, 0.1) is 0 Å². The van der Waals surface area contributed by atoms with Crippen LogP contribution in [0.1, 0.15) is 49.9 Å². The first-order valence-electron chi connectivity index (χ1n) is 6.18. The van der Waals surface area contributed by atoms with Gasteiger partial charge in [-0.3, -0.25) is 9.59 Å². The van der Waals surface area contributed by atoms with E-state index in [2.05, 4.69) is 12.2 Å². The lowest BCUT2D eigenvalue weighted by molar-refractivity contribution is -0.137. The lowest BCUT2D eigenvalue weighted by Crippen LogP contribution is -2.27. The third-order valence-electron chi connectivity index (χ3n) is 2.59. The first kappa shape index (κ1) is 14.7. The van der Waals surface area contributed by atoms with Gasteiger partial charge in [-0.25, -0.2) is 0 Å². The van der Waals surface area contributed by atoms with Gasteiger partial charge >= 0.3 is 5.97 Å². The van der Waals surface area contributed by atoms with Gasteiger partial charge in [-0.2, -0.15) is 0 Å².